The number of H-pyrrole nitrogens is 1. The Balaban J connectivity index is 2.03. The van der Waals surface area contributed by atoms with E-state index in [-0.39, 0.29) is 5.95 Å². The molecule has 0 saturated carbocycles. The van der Waals surface area contributed by atoms with Gasteiger partial charge in [-0.05, 0) is 17.7 Å². The van der Waals surface area contributed by atoms with Crippen LogP contribution in [0.25, 0.3) is 0 Å². The quantitative estimate of drug-likeness (QED) is 0.739. The van der Waals surface area contributed by atoms with Gasteiger partial charge in [-0.25, -0.2) is 13.5 Å². The van der Waals surface area contributed by atoms with E-state index >= 15 is 0 Å². The van der Waals surface area contributed by atoms with Crippen LogP contribution in [0.3, 0.4) is 0 Å². The van der Waals surface area contributed by atoms with Crippen LogP contribution in [-0.2, 0) is 16.4 Å². The first-order valence-corrected chi connectivity index (χ1v) is 7.05. The maximum Gasteiger partial charge on any atom is 0.243 e. The van der Waals surface area contributed by atoms with Gasteiger partial charge in [0.25, 0.3) is 0 Å². The van der Waals surface area contributed by atoms with Crippen molar-refractivity contribution in [3.63, 3.8) is 0 Å². The summed E-state index contributed by atoms with van der Waals surface area (Å²) < 4.78 is 22.5. The average Bonchev–Trinajstić information content (AvgIpc) is 2.72. The van der Waals surface area contributed by atoms with Crippen LogP contribution in [-0.4, -0.2) is 29.9 Å². The van der Waals surface area contributed by atoms with Crippen molar-refractivity contribution in [3.8, 4) is 0 Å². The minimum atomic E-state index is -3.15. The number of nitrogens with zero attached hydrogens (tertiary/aromatic N) is 2. The van der Waals surface area contributed by atoms with E-state index < -0.39 is 9.84 Å². The summed E-state index contributed by atoms with van der Waals surface area (Å²) in [6.45, 7) is 0.487. The van der Waals surface area contributed by atoms with Crippen molar-refractivity contribution in [1.82, 2.24) is 15.2 Å². The number of aromatic amines is 1. The van der Waals surface area contributed by atoms with E-state index in [2.05, 4.69) is 20.5 Å². The molecule has 2 aromatic rings. The summed E-state index contributed by atoms with van der Waals surface area (Å²) in [7, 11) is -3.15. The molecule has 7 nitrogen and oxygen atoms in total. The molecule has 1 aromatic carbocycles. The second-order valence-corrected chi connectivity index (χ2v) is 5.83. The highest BCUT2D eigenvalue weighted by Crippen LogP contribution is 2.11. The predicted molar refractivity (Wildman–Crippen MR) is 67.7 cm³/mol. The Morgan fingerprint density at radius 2 is 2.00 bits per heavy atom. The molecule has 0 fully saturated rings. The van der Waals surface area contributed by atoms with Crippen LogP contribution in [0, 0.1) is 0 Å². The summed E-state index contributed by atoms with van der Waals surface area (Å²) in [5, 5.41) is 9.29. The maximum absolute atomic E-state index is 11.3. The third kappa shape index (κ3) is 2.98. The Labute approximate surface area is 104 Å². The number of anilines is 2. The van der Waals surface area contributed by atoms with Crippen LogP contribution >= 0.6 is 0 Å². The molecule has 0 atom stereocenters. The molecule has 0 saturated heterocycles. The number of hydrogen-bond donors (Lipinski definition) is 3. The van der Waals surface area contributed by atoms with Gasteiger partial charge in [0.2, 0.25) is 11.9 Å². The molecule has 1 aromatic heterocycles. The van der Waals surface area contributed by atoms with Gasteiger partial charge in [-0.2, -0.15) is 4.98 Å². The van der Waals surface area contributed by atoms with Gasteiger partial charge in [0.1, 0.15) is 0 Å². The highest BCUT2D eigenvalue weighted by Gasteiger charge is 2.06. The third-order valence-electron chi connectivity index (χ3n) is 2.30. The Hall–Kier alpha value is -2.09. The fraction of sp³-hybridized carbons (Fsp3) is 0.200. The van der Waals surface area contributed by atoms with Crippen LogP contribution in [0.1, 0.15) is 5.56 Å². The molecule has 2 rings (SSSR count). The molecule has 0 amide bonds. The number of nitrogens with one attached hydrogen (secondary N) is 2. The number of sulfone groups is 1. The van der Waals surface area contributed by atoms with Crippen molar-refractivity contribution in [1.29, 1.82) is 0 Å². The zero-order valence-electron chi connectivity index (χ0n) is 9.71. The summed E-state index contributed by atoms with van der Waals surface area (Å²) in [5.41, 5.74) is 6.30. The first kappa shape index (κ1) is 12.4. The summed E-state index contributed by atoms with van der Waals surface area (Å²) >= 11 is 0. The fourth-order valence-corrected chi connectivity index (χ4v) is 2.02. The third-order valence-corrected chi connectivity index (χ3v) is 3.43. The van der Waals surface area contributed by atoms with Gasteiger partial charge in [-0.15, -0.1) is 5.10 Å². The van der Waals surface area contributed by atoms with Gasteiger partial charge >= 0.3 is 0 Å². The summed E-state index contributed by atoms with van der Waals surface area (Å²) in [4.78, 5) is 4.19. The Morgan fingerprint density at radius 1 is 1.33 bits per heavy atom. The van der Waals surface area contributed by atoms with Crippen LogP contribution < -0.4 is 11.1 Å². The Kier molecular flexibility index (Phi) is 3.19. The Morgan fingerprint density at radius 3 is 2.50 bits per heavy atom. The summed E-state index contributed by atoms with van der Waals surface area (Å²) in [6, 6.07) is 6.61. The van der Waals surface area contributed by atoms with Crippen molar-refractivity contribution in [2.24, 2.45) is 0 Å². The van der Waals surface area contributed by atoms with E-state index in [1.165, 1.54) is 6.26 Å². The van der Waals surface area contributed by atoms with E-state index in [4.69, 9.17) is 5.73 Å². The van der Waals surface area contributed by atoms with E-state index in [9.17, 15) is 8.42 Å². The van der Waals surface area contributed by atoms with Gasteiger partial charge in [0.15, 0.2) is 9.84 Å². The number of benzene rings is 1. The lowest BCUT2D eigenvalue weighted by atomic mass is 10.2. The van der Waals surface area contributed by atoms with Crippen LogP contribution in [0.5, 0.6) is 0 Å². The van der Waals surface area contributed by atoms with Crippen molar-refractivity contribution in [2.75, 3.05) is 17.3 Å². The summed E-state index contributed by atoms with van der Waals surface area (Å²) in [5.74, 6) is 0.643. The lowest BCUT2D eigenvalue weighted by molar-refractivity contribution is 0.602. The standard InChI is InChI=1S/C10H13N5O2S/c1-18(16,17)8-4-2-7(3-5-8)6-12-10-13-9(11)14-15-10/h2-5H,6H2,1H3,(H4,11,12,13,14,15). The zero-order chi connectivity index (χ0) is 13.2. The highest BCUT2D eigenvalue weighted by molar-refractivity contribution is 7.90. The molecule has 0 unspecified atom stereocenters. The average molecular weight is 267 g/mol. The summed E-state index contributed by atoms with van der Waals surface area (Å²) in [6.07, 6.45) is 1.18. The molecule has 0 aliphatic rings. The van der Waals surface area contributed by atoms with Gasteiger partial charge < -0.3 is 11.1 Å². The first-order valence-electron chi connectivity index (χ1n) is 5.16. The highest BCUT2D eigenvalue weighted by atomic mass is 32.2. The molecule has 4 N–H and O–H groups in total. The maximum atomic E-state index is 11.3. The molecular formula is C10H13N5O2S. The number of rotatable bonds is 4. The molecule has 96 valence electrons. The monoisotopic (exact) mass is 267 g/mol. The van der Waals surface area contributed by atoms with Crippen molar-refractivity contribution >= 4 is 21.7 Å². The zero-order valence-corrected chi connectivity index (χ0v) is 10.5. The molecule has 18 heavy (non-hydrogen) atoms. The van der Waals surface area contributed by atoms with E-state index in [0.717, 1.165) is 5.56 Å². The molecule has 0 bridgehead atoms. The minimum Gasteiger partial charge on any atom is -0.368 e. The van der Waals surface area contributed by atoms with Crippen LogP contribution in [0.15, 0.2) is 29.2 Å². The number of nitrogens with two attached hydrogens (primary N) is 1. The van der Waals surface area contributed by atoms with Crippen LogP contribution in [0.2, 0.25) is 0 Å². The predicted octanol–water partition coefficient (Wildman–Crippen LogP) is 0.402. The van der Waals surface area contributed by atoms with Gasteiger partial charge in [-0.1, -0.05) is 12.1 Å². The fourth-order valence-electron chi connectivity index (χ4n) is 1.39. The molecule has 0 spiro atoms. The van der Waals surface area contributed by atoms with E-state index in [0.29, 0.717) is 17.4 Å². The second-order valence-electron chi connectivity index (χ2n) is 3.81. The largest absolute Gasteiger partial charge is 0.368 e. The minimum absolute atomic E-state index is 0.241. The van der Waals surface area contributed by atoms with Crippen molar-refractivity contribution in [3.05, 3.63) is 29.8 Å². The van der Waals surface area contributed by atoms with E-state index in [1.54, 1.807) is 24.3 Å². The molecule has 0 aliphatic heterocycles. The van der Waals surface area contributed by atoms with Gasteiger partial charge in [-0.3, -0.25) is 0 Å². The normalized spacial score (nSPS) is 11.4. The van der Waals surface area contributed by atoms with Crippen molar-refractivity contribution in [2.45, 2.75) is 11.4 Å². The van der Waals surface area contributed by atoms with Crippen LogP contribution in [0.4, 0.5) is 11.9 Å². The number of hydrogen-bond acceptors (Lipinski definition) is 6. The molecule has 0 radical (unpaired) electrons. The van der Waals surface area contributed by atoms with Gasteiger partial charge in [0, 0.05) is 12.8 Å². The lowest BCUT2D eigenvalue weighted by Gasteiger charge is -2.03. The molecular weight excluding hydrogens is 254 g/mol. The van der Waals surface area contributed by atoms with Gasteiger partial charge in [0.05, 0.1) is 4.90 Å². The van der Waals surface area contributed by atoms with E-state index in [1.807, 2.05) is 0 Å². The Bertz CT molecular complexity index is 633. The molecule has 8 heteroatoms. The SMILES string of the molecule is CS(=O)(=O)c1ccc(CNc2n[nH]c(N)n2)cc1. The van der Waals surface area contributed by atoms with Crippen molar-refractivity contribution < 1.29 is 8.42 Å². The lowest BCUT2D eigenvalue weighted by Crippen LogP contribution is -2.02. The number of nitrogen functional groups attached to an aromatic ring is 1. The topological polar surface area (TPSA) is 114 Å². The molecule has 0 aliphatic carbocycles. The molecule has 1 heterocycles. The number of aromatic nitrogens is 3. The smallest absolute Gasteiger partial charge is 0.243 e. The first-order chi connectivity index (χ1) is 8.45. The second kappa shape index (κ2) is 4.65.